The van der Waals surface area contributed by atoms with Crippen LogP contribution < -0.4 is 5.32 Å². The van der Waals surface area contributed by atoms with Gasteiger partial charge in [0.2, 0.25) is 0 Å². The van der Waals surface area contributed by atoms with E-state index in [2.05, 4.69) is 49.7 Å². The van der Waals surface area contributed by atoms with Gasteiger partial charge in [0.25, 0.3) is 0 Å². The number of piperazine rings is 1. The van der Waals surface area contributed by atoms with Gasteiger partial charge in [-0.25, -0.2) is 0 Å². The van der Waals surface area contributed by atoms with E-state index in [0.29, 0.717) is 12.1 Å². The molecule has 0 saturated carbocycles. The van der Waals surface area contributed by atoms with Gasteiger partial charge in [0.1, 0.15) is 0 Å². The first-order chi connectivity index (χ1) is 10.0. The predicted octanol–water partition coefficient (Wildman–Crippen LogP) is 2.82. The molecular formula is C18H37N3. The summed E-state index contributed by atoms with van der Waals surface area (Å²) in [7, 11) is 0. The van der Waals surface area contributed by atoms with Crippen molar-refractivity contribution in [1.82, 2.24) is 15.1 Å². The van der Waals surface area contributed by atoms with E-state index in [1.165, 1.54) is 52.0 Å². The lowest BCUT2D eigenvalue weighted by Gasteiger charge is -2.43. The van der Waals surface area contributed by atoms with Crippen LogP contribution in [0.5, 0.6) is 0 Å². The van der Waals surface area contributed by atoms with Crippen LogP contribution in [-0.2, 0) is 0 Å². The highest BCUT2D eigenvalue weighted by Crippen LogP contribution is 2.24. The Labute approximate surface area is 132 Å². The van der Waals surface area contributed by atoms with Crippen LogP contribution in [-0.4, -0.2) is 60.6 Å². The minimum absolute atomic E-state index is 0.715. The van der Waals surface area contributed by atoms with Crippen LogP contribution in [0.3, 0.4) is 0 Å². The van der Waals surface area contributed by atoms with Crippen LogP contribution >= 0.6 is 0 Å². The molecule has 0 bridgehead atoms. The summed E-state index contributed by atoms with van der Waals surface area (Å²) in [6.07, 6.45) is 4.01. The summed E-state index contributed by atoms with van der Waals surface area (Å²) >= 11 is 0. The molecular weight excluding hydrogens is 258 g/mol. The van der Waals surface area contributed by atoms with Crippen molar-refractivity contribution in [2.75, 3.05) is 32.7 Å². The fourth-order valence-corrected chi connectivity index (χ4v) is 4.12. The third-order valence-electron chi connectivity index (χ3n) is 5.49. The van der Waals surface area contributed by atoms with Crippen molar-refractivity contribution in [3.8, 4) is 0 Å². The highest BCUT2D eigenvalue weighted by molar-refractivity contribution is 4.90. The Kier molecular flexibility index (Phi) is 6.51. The average Bonchev–Trinajstić information content (AvgIpc) is 2.88. The van der Waals surface area contributed by atoms with E-state index in [4.69, 9.17) is 0 Å². The molecule has 0 aromatic heterocycles. The lowest BCUT2D eigenvalue weighted by molar-refractivity contribution is 0.0792. The summed E-state index contributed by atoms with van der Waals surface area (Å²) in [5, 5.41) is 3.78. The van der Waals surface area contributed by atoms with Crippen molar-refractivity contribution >= 4 is 0 Å². The van der Waals surface area contributed by atoms with E-state index in [9.17, 15) is 0 Å². The second-order valence-corrected chi connectivity index (χ2v) is 7.90. The molecule has 0 aromatic rings. The summed E-state index contributed by atoms with van der Waals surface area (Å²) < 4.78 is 0. The lowest BCUT2D eigenvalue weighted by atomic mass is 9.95. The third-order valence-corrected chi connectivity index (χ3v) is 5.49. The maximum Gasteiger partial charge on any atom is 0.0244 e. The first-order valence-corrected chi connectivity index (χ1v) is 9.22. The Morgan fingerprint density at radius 1 is 1.14 bits per heavy atom. The van der Waals surface area contributed by atoms with Crippen LogP contribution in [0.25, 0.3) is 0 Å². The minimum Gasteiger partial charge on any atom is -0.311 e. The zero-order valence-corrected chi connectivity index (χ0v) is 14.9. The van der Waals surface area contributed by atoms with Gasteiger partial charge >= 0.3 is 0 Å². The number of nitrogens with one attached hydrogen (secondary N) is 1. The van der Waals surface area contributed by atoms with Gasteiger partial charge in [-0.05, 0) is 45.1 Å². The summed E-state index contributed by atoms with van der Waals surface area (Å²) in [5.41, 5.74) is 0. The Hall–Kier alpha value is -0.120. The molecule has 1 N–H and O–H groups in total. The molecule has 124 valence electrons. The molecule has 2 saturated heterocycles. The monoisotopic (exact) mass is 295 g/mol. The Morgan fingerprint density at radius 2 is 1.90 bits per heavy atom. The maximum absolute atomic E-state index is 3.78. The largest absolute Gasteiger partial charge is 0.311 e. The molecule has 2 aliphatic heterocycles. The molecule has 3 nitrogen and oxygen atoms in total. The summed E-state index contributed by atoms with van der Waals surface area (Å²) in [6.45, 7) is 18.1. The van der Waals surface area contributed by atoms with Crippen molar-refractivity contribution in [3.63, 3.8) is 0 Å². The first kappa shape index (κ1) is 17.2. The van der Waals surface area contributed by atoms with E-state index < -0.39 is 0 Å². The standard InChI is InChI=1S/C18H37N3/c1-6-7-17-13-21(18(10-19-17)14(2)3)12-16-8-9-20(11-16)15(4)5/h14-19H,6-13H2,1-5H3. The molecule has 0 radical (unpaired) electrons. The van der Waals surface area contributed by atoms with Crippen molar-refractivity contribution in [1.29, 1.82) is 0 Å². The summed E-state index contributed by atoms with van der Waals surface area (Å²) in [4.78, 5) is 5.47. The maximum atomic E-state index is 3.78. The first-order valence-electron chi connectivity index (χ1n) is 9.22. The van der Waals surface area contributed by atoms with Crippen molar-refractivity contribution in [2.45, 2.75) is 72.0 Å². The average molecular weight is 296 g/mol. The highest BCUT2D eigenvalue weighted by atomic mass is 15.3. The van der Waals surface area contributed by atoms with E-state index in [1.807, 2.05) is 0 Å². The van der Waals surface area contributed by atoms with E-state index >= 15 is 0 Å². The molecule has 0 aromatic carbocycles. The molecule has 2 rings (SSSR count). The Morgan fingerprint density at radius 3 is 2.48 bits per heavy atom. The fourth-order valence-electron chi connectivity index (χ4n) is 4.12. The molecule has 3 unspecified atom stereocenters. The molecule has 3 heteroatoms. The van der Waals surface area contributed by atoms with Gasteiger partial charge < -0.3 is 10.2 Å². The van der Waals surface area contributed by atoms with Crippen molar-refractivity contribution < 1.29 is 0 Å². The van der Waals surface area contributed by atoms with Gasteiger partial charge in [0.15, 0.2) is 0 Å². The number of hydrogen-bond donors (Lipinski definition) is 1. The SMILES string of the molecule is CCCC1CN(CC2CCN(C(C)C)C2)C(C(C)C)CN1. The van der Waals surface area contributed by atoms with E-state index in [1.54, 1.807) is 0 Å². The second kappa shape index (κ2) is 7.94. The number of nitrogens with zero attached hydrogens (tertiary/aromatic N) is 2. The molecule has 0 spiro atoms. The van der Waals surface area contributed by atoms with Crippen LogP contribution in [0.15, 0.2) is 0 Å². The van der Waals surface area contributed by atoms with Crippen LogP contribution in [0.2, 0.25) is 0 Å². The molecule has 0 aliphatic carbocycles. The summed E-state index contributed by atoms with van der Waals surface area (Å²) in [6, 6.07) is 2.16. The zero-order valence-electron chi connectivity index (χ0n) is 14.9. The molecule has 2 heterocycles. The second-order valence-electron chi connectivity index (χ2n) is 7.90. The van der Waals surface area contributed by atoms with Gasteiger partial charge in [-0.2, -0.15) is 0 Å². The van der Waals surface area contributed by atoms with Gasteiger partial charge in [-0.1, -0.05) is 27.2 Å². The smallest absolute Gasteiger partial charge is 0.0244 e. The van der Waals surface area contributed by atoms with Gasteiger partial charge in [-0.15, -0.1) is 0 Å². The molecule has 0 amide bonds. The summed E-state index contributed by atoms with van der Waals surface area (Å²) in [5.74, 6) is 1.64. The van der Waals surface area contributed by atoms with Crippen molar-refractivity contribution in [3.05, 3.63) is 0 Å². The number of rotatable bonds is 6. The van der Waals surface area contributed by atoms with Gasteiger partial charge in [-0.3, -0.25) is 4.90 Å². The lowest BCUT2D eigenvalue weighted by Crippen LogP contribution is -2.59. The van der Waals surface area contributed by atoms with Crippen LogP contribution in [0, 0.1) is 11.8 Å². The van der Waals surface area contributed by atoms with Gasteiger partial charge in [0, 0.05) is 44.3 Å². The third kappa shape index (κ3) is 4.67. The fraction of sp³-hybridized carbons (Fsp3) is 1.00. The van der Waals surface area contributed by atoms with Crippen LogP contribution in [0.1, 0.15) is 53.9 Å². The van der Waals surface area contributed by atoms with Crippen LogP contribution in [0.4, 0.5) is 0 Å². The molecule has 2 fully saturated rings. The Bertz CT molecular complexity index is 303. The normalized spacial score (nSPS) is 32.4. The minimum atomic E-state index is 0.715. The Balaban J connectivity index is 1.90. The van der Waals surface area contributed by atoms with E-state index in [-0.39, 0.29) is 0 Å². The quantitative estimate of drug-likeness (QED) is 0.813. The van der Waals surface area contributed by atoms with Crippen molar-refractivity contribution in [2.24, 2.45) is 11.8 Å². The van der Waals surface area contributed by atoms with E-state index in [0.717, 1.165) is 17.9 Å². The zero-order chi connectivity index (χ0) is 15.4. The predicted molar refractivity (Wildman–Crippen MR) is 91.7 cm³/mol. The highest BCUT2D eigenvalue weighted by Gasteiger charge is 2.33. The molecule has 2 aliphatic rings. The number of hydrogen-bond acceptors (Lipinski definition) is 3. The van der Waals surface area contributed by atoms with Gasteiger partial charge in [0.05, 0.1) is 0 Å². The number of likely N-dealkylation sites (tertiary alicyclic amines) is 1. The molecule has 21 heavy (non-hydrogen) atoms. The molecule has 3 atom stereocenters. The topological polar surface area (TPSA) is 18.5 Å².